The van der Waals surface area contributed by atoms with Crippen LogP contribution in [0.2, 0.25) is 0 Å². The van der Waals surface area contributed by atoms with E-state index in [0.717, 1.165) is 33.8 Å². The summed E-state index contributed by atoms with van der Waals surface area (Å²) in [6, 6.07) is 15.0. The van der Waals surface area contributed by atoms with Gasteiger partial charge in [-0.15, -0.1) is 0 Å². The van der Waals surface area contributed by atoms with E-state index in [1.807, 2.05) is 37.3 Å². The molecule has 1 amide bonds. The molecule has 0 bridgehead atoms. The van der Waals surface area contributed by atoms with Gasteiger partial charge in [0.15, 0.2) is 0 Å². The number of carbonyl (C=O) groups excluding carboxylic acids is 1. The predicted molar refractivity (Wildman–Crippen MR) is 138 cm³/mol. The molecule has 0 radical (unpaired) electrons. The Bertz CT molecular complexity index is 1450. The zero-order valence-corrected chi connectivity index (χ0v) is 20.9. The zero-order chi connectivity index (χ0) is 25.8. The van der Waals surface area contributed by atoms with Crippen LogP contribution >= 0.6 is 0 Å². The van der Waals surface area contributed by atoms with Crippen molar-refractivity contribution in [1.29, 1.82) is 0 Å². The Hall–Kier alpha value is -4.24. The van der Waals surface area contributed by atoms with Gasteiger partial charge in [0.1, 0.15) is 5.75 Å². The Morgan fingerprint density at radius 2 is 1.86 bits per heavy atom. The van der Waals surface area contributed by atoms with Gasteiger partial charge in [-0.1, -0.05) is 30.3 Å². The Labute approximate surface area is 214 Å². The van der Waals surface area contributed by atoms with Gasteiger partial charge < -0.3 is 19.4 Å². The first kappa shape index (κ1) is 24.5. The van der Waals surface area contributed by atoms with Gasteiger partial charge in [-0.25, -0.2) is 0 Å². The number of amides is 1. The van der Waals surface area contributed by atoms with Gasteiger partial charge in [0.25, 0.3) is 11.5 Å². The maximum absolute atomic E-state index is 13.2. The fraction of sp³-hybridized carbons (Fsp3) is 0.286. The highest BCUT2D eigenvalue weighted by atomic mass is 16.5. The molecular formula is C28H29N5O4. The minimum atomic E-state index is -0.194. The van der Waals surface area contributed by atoms with Gasteiger partial charge in [-0.05, 0) is 30.2 Å². The molecule has 37 heavy (non-hydrogen) atoms. The van der Waals surface area contributed by atoms with Crippen molar-refractivity contribution in [3.8, 4) is 5.75 Å². The van der Waals surface area contributed by atoms with Crippen molar-refractivity contribution in [3.63, 3.8) is 0 Å². The molecule has 5 rings (SSSR count). The fourth-order valence-corrected chi connectivity index (χ4v) is 4.33. The summed E-state index contributed by atoms with van der Waals surface area (Å²) >= 11 is 0. The normalized spacial score (nSPS) is 13.2. The molecule has 1 saturated heterocycles. The number of hydrogen-bond acceptors (Lipinski definition) is 6. The van der Waals surface area contributed by atoms with Crippen LogP contribution in [0, 0.1) is 6.92 Å². The van der Waals surface area contributed by atoms with Crippen molar-refractivity contribution in [1.82, 2.24) is 24.6 Å². The highest BCUT2D eigenvalue weighted by Gasteiger charge is 2.29. The average Bonchev–Trinajstić information content (AvgIpc) is 3.27. The third-order valence-electron chi connectivity index (χ3n) is 6.57. The van der Waals surface area contributed by atoms with Gasteiger partial charge in [0.05, 0.1) is 62.8 Å². The van der Waals surface area contributed by atoms with Crippen molar-refractivity contribution in [2.75, 3.05) is 20.3 Å². The van der Waals surface area contributed by atoms with Gasteiger partial charge in [-0.3, -0.25) is 19.3 Å². The second kappa shape index (κ2) is 10.8. The van der Waals surface area contributed by atoms with Crippen molar-refractivity contribution < 1.29 is 14.3 Å². The van der Waals surface area contributed by atoms with E-state index in [-0.39, 0.29) is 17.4 Å². The number of hydrogen-bond donors (Lipinski definition) is 1. The minimum absolute atomic E-state index is 0.0289. The van der Waals surface area contributed by atoms with Crippen molar-refractivity contribution in [2.24, 2.45) is 0 Å². The van der Waals surface area contributed by atoms with Crippen molar-refractivity contribution >= 4 is 5.91 Å². The van der Waals surface area contributed by atoms with Crippen LogP contribution in [-0.2, 0) is 24.4 Å². The number of nitrogens with one attached hydrogen (secondary N) is 1. The van der Waals surface area contributed by atoms with Crippen LogP contribution in [0.4, 0.5) is 0 Å². The number of ether oxygens (including phenoxy) is 2. The monoisotopic (exact) mass is 499 g/mol. The average molecular weight is 500 g/mol. The molecule has 0 atom stereocenters. The van der Waals surface area contributed by atoms with Crippen LogP contribution in [0.25, 0.3) is 0 Å². The molecule has 1 fully saturated rings. The van der Waals surface area contributed by atoms with Crippen molar-refractivity contribution in [3.05, 3.63) is 111 Å². The Morgan fingerprint density at radius 3 is 2.54 bits per heavy atom. The van der Waals surface area contributed by atoms with E-state index in [4.69, 9.17) is 14.6 Å². The molecule has 190 valence electrons. The Balaban J connectivity index is 1.29. The van der Waals surface area contributed by atoms with E-state index in [0.29, 0.717) is 38.4 Å². The standard InChI is InChI=1S/C28H29N5O4/c1-19-24(29-11-10-25(19)36-2)13-30-28(35)23-16-33(31-27(23)22-17-37-18-22)15-21-8-6-20(7-9-21)14-32-12-4-3-5-26(32)34/h3-12,16,22H,13-15,17-18H2,1-2H3,(H,30,35). The summed E-state index contributed by atoms with van der Waals surface area (Å²) in [5.41, 5.74) is 5.00. The molecule has 0 spiro atoms. The molecule has 9 heteroatoms. The second-order valence-corrected chi connectivity index (χ2v) is 9.11. The molecule has 4 aromatic rings. The fourth-order valence-electron chi connectivity index (χ4n) is 4.33. The molecule has 1 N–H and O–H groups in total. The van der Waals surface area contributed by atoms with Crippen LogP contribution in [0.15, 0.2) is 71.9 Å². The predicted octanol–water partition coefficient (Wildman–Crippen LogP) is 2.90. The summed E-state index contributed by atoms with van der Waals surface area (Å²) in [5, 5.41) is 7.73. The SMILES string of the molecule is COc1ccnc(CNC(=O)c2cn(Cc3ccc(Cn4ccccc4=O)cc3)nc2C2COC2)c1C. The summed E-state index contributed by atoms with van der Waals surface area (Å²) < 4.78 is 14.2. The van der Waals surface area contributed by atoms with Crippen LogP contribution in [0.3, 0.4) is 0 Å². The van der Waals surface area contributed by atoms with Crippen LogP contribution in [0.1, 0.15) is 44.4 Å². The smallest absolute Gasteiger partial charge is 0.255 e. The van der Waals surface area contributed by atoms with Crippen LogP contribution in [0.5, 0.6) is 5.75 Å². The number of rotatable bonds is 9. The minimum Gasteiger partial charge on any atom is -0.496 e. The lowest BCUT2D eigenvalue weighted by Gasteiger charge is -2.25. The lowest BCUT2D eigenvalue weighted by molar-refractivity contribution is 0.00620. The van der Waals surface area contributed by atoms with Crippen molar-refractivity contribution in [2.45, 2.75) is 32.5 Å². The topological polar surface area (TPSA) is 100 Å². The van der Waals surface area contributed by atoms with Crippen LogP contribution in [-0.4, -0.2) is 45.6 Å². The van der Waals surface area contributed by atoms with E-state index in [1.54, 1.807) is 53.1 Å². The van der Waals surface area contributed by atoms with E-state index >= 15 is 0 Å². The summed E-state index contributed by atoms with van der Waals surface area (Å²) in [4.78, 5) is 29.5. The lowest BCUT2D eigenvalue weighted by Crippen LogP contribution is -2.30. The molecule has 4 heterocycles. The molecular weight excluding hydrogens is 470 g/mol. The maximum atomic E-state index is 13.2. The lowest BCUT2D eigenvalue weighted by atomic mass is 10.00. The Morgan fingerprint density at radius 1 is 1.11 bits per heavy atom. The zero-order valence-electron chi connectivity index (χ0n) is 20.9. The number of carbonyl (C=O) groups is 1. The van der Waals surface area contributed by atoms with Gasteiger partial charge in [0, 0.05) is 30.2 Å². The maximum Gasteiger partial charge on any atom is 0.255 e. The largest absolute Gasteiger partial charge is 0.496 e. The summed E-state index contributed by atoms with van der Waals surface area (Å²) in [6.45, 7) is 4.36. The third-order valence-corrected chi connectivity index (χ3v) is 6.57. The molecule has 1 aliphatic rings. The molecule has 1 aromatic carbocycles. The summed E-state index contributed by atoms with van der Waals surface area (Å²) in [7, 11) is 1.62. The first-order chi connectivity index (χ1) is 18.0. The molecule has 9 nitrogen and oxygen atoms in total. The molecule has 1 aliphatic heterocycles. The first-order valence-corrected chi connectivity index (χ1v) is 12.2. The number of benzene rings is 1. The summed E-state index contributed by atoms with van der Waals surface area (Å²) in [6.07, 6.45) is 5.25. The second-order valence-electron chi connectivity index (χ2n) is 9.11. The molecule has 0 aliphatic carbocycles. The van der Waals surface area contributed by atoms with Gasteiger partial charge in [0.2, 0.25) is 0 Å². The highest BCUT2D eigenvalue weighted by molar-refractivity contribution is 5.95. The van der Waals surface area contributed by atoms with Gasteiger partial charge in [-0.2, -0.15) is 5.10 Å². The molecule has 0 unspecified atom stereocenters. The number of pyridine rings is 2. The van der Waals surface area contributed by atoms with E-state index in [1.165, 1.54) is 0 Å². The molecule has 3 aromatic heterocycles. The summed E-state index contributed by atoms with van der Waals surface area (Å²) in [5.74, 6) is 0.646. The van der Waals surface area contributed by atoms with E-state index < -0.39 is 0 Å². The molecule has 0 saturated carbocycles. The number of aromatic nitrogens is 4. The van der Waals surface area contributed by atoms with Crippen LogP contribution < -0.4 is 15.6 Å². The first-order valence-electron chi connectivity index (χ1n) is 12.2. The van der Waals surface area contributed by atoms with E-state index in [2.05, 4.69) is 10.3 Å². The van der Waals surface area contributed by atoms with E-state index in [9.17, 15) is 9.59 Å². The Kier molecular flexibility index (Phi) is 7.14. The number of nitrogens with zero attached hydrogens (tertiary/aromatic N) is 4. The van der Waals surface area contributed by atoms with Gasteiger partial charge >= 0.3 is 0 Å². The third kappa shape index (κ3) is 5.46. The quantitative estimate of drug-likeness (QED) is 0.380. The highest BCUT2D eigenvalue weighted by Crippen LogP contribution is 2.26. The number of methoxy groups -OCH3 is 1.